The minimum absolute atomic E-state index is 0.00411. The number of benzene rings is 1. The van der Waals surface area contributed by atoms with E-state index in [4.69, 9.17) is 0 Å². The molecule has 1 saturated heterocycles. The van der Waals surface area contributed by atoms with Crippen LogP contribution in [0.1, 0.15) is 23.2 Å². The molecule has 0 bridgehead atoms. The first-order valence-electron chi connectivity index (χ1n) is 8.12. The molecule has 1 N–H and O–H groups in total. The largest absolute Gasteiger partial charge is 0.361 e. The molecule has 6 nitrogen and oxygen atoms in total. The predicted molar refractivity (Wildman–Crippen MR) is 90.9 cm³/mol. The number of aromatic amines is 1. The van der Waals surface area contributed by atoms with Crippen LogP contribution in [0.5, 0.6) is 0 Å². The van der Waals surface area contributed by atoms with Crippen LogP contribution < -0.4 is 5.56 Å². The molecule has 1 atom stereocenters. The van der Waals surface area contributed by atoms with Crippen molar-refractivity contribution in [3.8, 4) is 0 Å². The van der Waals surface area contributed by atoms with Crippen molar-refractivity contribution in [1.29, 1.82) is 0 Å². The van der Waals surface area contributed by atoms with E-state index in [2.05, 4.69) is 10.1 Å². The monoisotopic (exact) mass is 322 g/mol. The maximum atomic E-state index is 12.9. The third-order valence-corrected chi connectivity index (χ3v) is 4.61. The highest BCUT2D eigenvalue weighted by Crippen LogP contribution is 2.22. The maximum Gasteiger partial charge on any atom is 0.266 e. The molecular weight excluding hydrogens is 304 g/mol. The first-order valence-corrected chi connectivity index (χ1v) is 8.12. The van der Waals surface area contributed by atoms with E-state index < -0.39 is 0 Å². The average molecular weight is 322 g/mol. The molecule has 1 aliphatic heterocycles. The fraction of sp³-hybridized carbons (Fsp3) is 0.278. The highest BCUT2D eigenvalue weighted by atomic mass is 16.2. The zero-order valence-electron chi connectivity index (χ0n) is 13.2. The summed E-state index contributed by atoms with van der Waals surface area (Å²) in [6.45, 7) is 1.16. The van der Waals surface area contributed by atoms with Gasteiger partial charge in [-0.3, -0.25) is 9.59 Å². The van der Waals surface area contributed by atoms with Gasteiger partial charge in [0, 0.05) is 36.1 Å². The summed E-state index contributed by atoms with van der Waals surface area (Å²) in [5, 5.41) is 5.19. The Morgan fingerprint density at radius 3 is 3.08 bits per heavy atom. The lowest BCUT2D eigenvalue weighted by Gasteiger charge is -2.25. The number of H-pyrrole nitrogens is 1. The summed E-state index contributed by atoms with van der Waals surface area (Å²) in [4.78, 5) is 29.8. The molecule has 1 unspecified atom stereocenters. The van der Waals surface area contributed by atoms with Crippen LogP contribution in [-0.4, -0.2) is 38.2 Å². The van der Waals surface area contributed by atoms with Crippen molar-refractivity contribution in [1.82, 2.24) is 19.7 Å². The van der Waals surface area contributed by atoms with Gasteiger partial charge < -0.3 is 9.88 Å². The van der Waals surface area contributed by atoms with Gasteiger partial charge in [0.25, 0.3) is 11.5 Å². The van der Waals surface area contributed by atoms with E-state index in [1.807, 2.05) is 35.4 Å². The molecule has 3 heterocycles. The number of nitrogens with zero attached hydrogens (tertiary/aromatic N) is 3. The van der Waals surface area contributed by atoms with Crippen LogP contribution in [0.25, 0.3) is 10.9 Å². The molecule has 2 aromatic heterocycles. The van der Waals surface area contributed by atoms with Gasteiger partial charge in [0.15, 0.2) is 0 Å². The molecule has 1 aliphatic rings. The molecular formula is C18H18N4O2. The molecule has 24 heavy (non-hydrogen) atoms. The summed E-state index contributed by atoms with van der Waals surface area (Å²) in [7, 11) is 0. The predicted octanol–water partition coefficient (Wildman–Crippen LogP) is 2.03. The highest BCUT2D eigenvalue weighted by Gasteiger charge is 2.30. The van der Waals surface area contributed by atoms with Gasteiger partial charge in [0.2, 0.25) is 0 Å². The van der Waals surface area contributed by atoms with E-state index in [1.165, 1.54) is 10.7 Å². The number of likely N-dealkylation sites (tertiary alicyclic amines) is 1. The van der Waals surface area contributed by atoms with Crippen LogP contribution in [0.15, 0.2) is 53.6 Å². The number of hydrogen-bond acceptors (Lipinski definition) is 3. The van der Waals surface area contributed by atoms with Crippen molar-refractivity contribution in [2.75, 3.05) is 6.54 Å². The van der Waals surface area contributed by atoms with Gasteiger partial charge in [-0.05, 0) is 42.5 Å². The van der Waals surface area contributed by atoms with E-state index in [0.717, 1.165) is 23.7 Å². The molecule has 4 rings (SSSR count). The molecule has 1 aromatic carbocycles. The second kappa shape index (κ2) is 5.96. The van der Waals surface area contributed by atoms with Gasteiger partial charge >= 0.3 is 0 Å². The summed E-state index contributed by atoms with van der Waals surface area (Å²) in [5.41, 5.74) is 1.49. The highest BCUT2D eigenvalue weighted by molar-refractivity contribution is 5.98. The van der Waals surface area contributed by atoms with E-state index in [0.29, 0.717) is 18.7 Å². The number of rotatable bonds is 3. The minimum Gasteiger partial charge on any atom is -0.361 e. The zero-order valence-corrected chi connectivity index (χ0v) is 13.2. The first kappa shape index (κ1) is 14.7. The number of fused-ring (bicyclic) bond motifs is 1. The summed E-state index contributed by atoms with van der Waals surface area (Å²) >= 11 is 0. The van der Waals surface area contributed by atoms with E-state index in [9.17, 15) is 9.59 Å². The number of nitrogens with one attached hydrogen (secondary N) is 1. The van der Waals surface area contributed by atoms with Crippen LogP contribution in [0.4, 0.5) is 0 Å². The lowest BCUT2D eigenvalue weighted by Crippen LogP contribution is -2.40. The van der Waals surface area contributed by atoms with Crippen molar-refractivity contribution in [3.63, 3.8) is 0 Å². The average Bonchev–Trinajstić information content (AvgIpc) is 3.24. The molecule has 6 heteroatoms. The Morgan fingerprint density at radius 1 is 1.29 bits per heavy atom. The second-order valence-electron chi connectivity index (χ2n) is 6.12. The van der Waals surface area contributed by atoms with Gasteiger partial charge in [0.1, 0.15) is 0 Å². The lowest BCUT2D eigenvalue weighted by atomic mass is 10.1. The first-order chi connectivity index (χ1) is 11.7. The smallest absolute Gasteiger partial charge is 0.266 e. The number of carbonyl (C=O) groups is 1. The molecule has 1 amide bonds. The fourth-order valence-corrected chi connectivity index (χ4v) is 3.36. The van der Waals surface area contributed by atoms with Crippen molar-refractivity contribution in [2.24, 2.45) is 0 Å². The van der Waals surface area contributed by atoms with Crippen LogP contribution in [0.3, 0.4) is 0 Å². The third-order valence-electron chi connectivity index (χ3n) is 4.61. The molecule has 0 spiro atoms. The van der Waals surface area contributed by atoms with Crippen LogP contribution in [0.2, 0.25) is 0 Å². The molecule has 3 aromatic rings. The Labute approximate surface area is 138 Å². The van der Waals surface area contributed by atoms with E-state index in [-0.39, 0.29) is 17.5 Å². The van der Waals surface area contributed by atoms with Gasteiger partial charge in [0.05, 0.1) is 12.6 Å². The lowest BCUT2D eigenvalue weighted by molar-refractivity contribution is 0.0720. The molecule has 122 valence electrons. The minimum atomic E-state index is -0.135. The number of hydrogen-bond donors (Lipinski definition) is 1. The Kier molecular flexibility index (Phi) is 3.65. The standard InChI is InChI=1S/C18H18N4O2/c23-17-4-1-8-20-22(17)12-15-3-2-10-21(15)18(24)14-6-5-13-7-9-19-16(13)11-14/h1,4-9,11,15,19H,2-3,10,12H2. The van der Waals surface area contributed by atoms with Crippen molar-refractivity contribution in [3.05, 3.63) is 64.7 Å². The molecule has 1 fully saturated rings. The Balaban J connectivity index is 1.58. The topological polar surface area (TPSA) is 71.0 Å². The Hall–Kier alpha value is -2.89. The molecule has 0 aliphatic carbocycles. The van der Waals surface area contributed by atoms with E-state index in [1.54, 1.807) is 12.3 Å². The summed E-state index contributed by atoms with van der Waals surface area (Å²) in [6, 6.07) is 10.8. The normalized spacial score (nSPS) is 17.5. The van der Waals surface area contributed by atoms with Crippen molar-refractivity contribution < 1.29 is 4.79 Å². The maximum absolute atomic E-state index is 12.9. The summed E-state index contributed by atoms with van der Waals surface area (Å²) in [6.07, 6.45) is 5.30. The number of aromatic nitrogens is 3. The molecule has 0 radical (unpaired) electrons. The van der Waals surface area contributed by atoms with Crippen LogP contribution in [-0.2, 0) is 6.54 Å². The van der Waals surface area contributed by atoms with Crippen molar-refractivity contribution >= 4 is 16.8 Å². The van der Waals surface area contributed by atoms with Gasteiger partial charge in [-0.2, -0.15) is 5.10 Å². The second-order valence-corrected chi connectivity index (χ2v) is 6.12. The number of amides is 1. The summed E-state index contributed by atoms with van der Waals surface area (Å²) in [5.74, 6) is 0.0120. The zero-order chi connectivity index (χ0) is 16.5. The SMILES string of the molecule is O=C(c1ccc2cc[nH]c2c1)N1CCCC1Cn1ncccc1=O. The fourth-order valence-electron chi connectivity index (χ4n) is 3.36. The quantitative estimate of drug-likeness (QED) is 0.802. The third kappa shape index (κ3) is 2.60. The van der Waals surface area contributed by atoms with Crippen molar-refractivity contribution in [2.45, 2.75) is 25.4 Å². The van der Waals surface area contributed by atoms with Gasteiger partial charge in [-0.1, -0.05) is 6.07 Å². The number of carbonyl (C=O) groups excluding carboxylic acids is 1. The van der Waals surface area contributed by atoms with Crippen LogP contribution in [0, 0.1) is 0 Å². The Morgan fingerprint density at radius 2 is 2.21 bits per heavy atom. The van der Waals surface area contributed by atoms with Gasteiger partial charge in [-0.15, -0.1) is 0 Å². The van der Waals surface area contributed by atoms with Crippen LogP contribution >= 0.6 is 0 Å². The molecule has 0 saturated carbocycles. The van der Waals surface area contributed by atoms with Gasteiger partial charge in [-0.25, -0.2) is 4.68 Å². The summed E-state index contributed by atoms with van der Waals surface area (Å²) < 4.78 is 1.43. The van der Waals surface area contributed by atoms with E-state index >= 15 is 0 Å². The Bertz CT molecular complexity index is 943.